The third-order valence-corrected chi connectivity index (χ3v) is 3.87. The van der Waals surface area contributed by atoms with Crippen LogP contribution in [0, 0.1) is 5.92 Å². The van der Waals surface area contributed by atoms with Gasteiger partial charge in [-0.2, -0.15) is 0 Å². The van der Waals surface area contributed by atoms with Crippen molar-refractivity contribution >= 4 is 0 Å². The fraction of sp³-hybridized carbons (Fsp3) is 1.00. The highest BCUT2D eigenvalue weighted by atomic mass is 16.5. The molecule has 14 heavy (non-hydrogen) atoms. The van der Waals surface area contributed by atoms with E-state index in [9.17, 15) is 0 Å². The van der Waals surface area contributed by atoms with Crippen LogP contribution in [-0.2, 0) is 4.74 Å². The molecule has 1 N–H and O–H groups in total. The van der Waals surface area contributed by atoms with Gasteiger partial charge >= 0.3 is 0 Å². The minimum absolute atomic E-state index is 0.515. The van der Waals surface area contributed by atoms with Crippen LogP contribution < -0.4 is 5.32 Å². The maximum absolute atomic E-state index is 5.87. The Morgan fingerprint density at radius 2 is 2.07 bits per heavy atom. The summed E-state index contributed by atoms with van der Waals surface area (Å²) in [7, 11) is 2.08. The van der Waals surface area contributed by atoms with Gasteiger partial charge in [0.25, 0.3) is 0 Å². The topological polar surface area (TPSA) is 21.3 Å². The molecule has 0 aromatic rings. The van der Waals surface area contributed by atoms with Crippen molar-refractivity contribution in [1.29, 1.82) is 0 Å². The highest BCUT2D eigenvalue weighted by molar-refractivity contribution is 4.83. The Bertz CT molecular complexity index is 183. The van der Waals surface area contributed by atoms with Crippen LogP contribution in [0.25, 0.3) is 0 Å². The van der Waals surface area contributed by atoms with E-state index >= 15 is 0 Å². The zero-order valence-electron chi connectivity index (χ0n) is 9.46. The highest BCUT2D eigenvalue weighted by Gasteiger charge is 2.29. The maximum atomic E-state index is 5.87. The summed E-state index contributed by atoms with van der Waals surface area (Å²) in [6.07, 6.45) is 9.10. The Morgan fingerprint density at radius 1 is 1.21 bits per heavy atom. The molecule has 1 aliphatic heterocycles. The van der Waals surface area contributed by atoms with E-state index in [0.717, 1.165) is 12.0 Å². The summed E-state index contributed by atoms with van der Waals surface area (Å²) in [5.74, 6) is 0.919. The fourth-order valence-electron chi connectivity index (χ4n) is 2.98. The van der Waals surface area contributed by atoms with E-state index < -0.39 is 0 Å². The van der Waals surface area contributed by atoms with Gasteiger partial charge in [0.1, 0.15) is 0 Å². The van der Waals surface area contributed by atoms with Crippen molar-refractivity contribution in [1.82, 2.24) is 5.32 Å². The molecule has 2 fully saturated rings. The molecule has 2 heteroatoms. The van der Waals surface area contributed by atoms with Gasteiger partial charge in [-0.1, -0.05) is 0 Å². The molecule has 82 valence electrons. The molecule has 1 aliphatic carbocycles. The first-order valence-electron chi connectivity index (χ1n) is 6.10. The lowest BCUT2D eigenvalue weighted by molar-refractivity contribution is 0.0412. The molecule has 4 unspecified atom stereocenters. The molecule has 0 amide bonds. The average molecular weight is 197 g/mol. The highest BCUT2D eigenvalue weighted by Crippen LogP contribution is 2.33. The molecular weight excluding hydrogens is 174 g/mol. The van der Waals surface area contributed by atoms with Crippen LogP contribution in [0.15, 0.2) is 0 Å². The number of rotatable bonds is 3. The molecule has 0 aromatic carbocycles. The predicted octanol–water partition coefficient (Wildman–Crippen LogP) is 2.33. The molecular formula is C12H23NO. The molecule has 0 radical (unpaired) electrons. The van der Waals surface area contributed by atoms with Gasteiger partial charge in [-0.3, -0.25) is 0 Å². The number of hydrogen-bond donors (Lipinski definition) is 1. The van der Waals surface area contributed by atoms with Crippen LogP contribution in [0.1, 0.15) is 45.4 Å². The normalized spacial score (nSPS) is 43.3. The minimum atomic E-state index is 0.515. The molecule has 2 aliphatic rings. The summed E-state index contributed by atoms with van der Waals surface area (Å²) in [6, 6.07) is 0.777. The zero-order chi connectivity index (χ0) is 9.97. The molecule has 1 saturated carbocycles. The first kappa shape index (κ1) is 10.4. The Balaban J connectivity index is 1.71. The Morgan fingerprint density at radius 3 is 2.64 bits per heavy atom. The van der Waals surface area contributed by atoms with Gasteiger partial charge in [-0.05, 0) is 58.4 Å². The van der Waals surface area contributed by atoms with Crippen LogP contribution >= 0.6 is 0 Å². The van der Waals surface area contributed by atoms with Crippen LogP contribution in [0.5, 0.6) is 0 Å². The van der Waals surface area contributed by atoms with Gasteiger partial charge in [0.05, 0.1) is 12.2 Å². The smallest absolute Gasteiger partial charge is 0.0582 e. The molecule has 0 aromatic heterocycles. The van der Waals surface area contributed by atoms with Crippen LogP contribution in [0.2, 0.25) is 0 Å². The molecule has 0 bridgehead atoms. The van der Waals surface area contributed by atoms with Crippen molar-refractivity contribution in [3.8, 4) is 0 Å². The van der Waals surface area contributed by atoms with Gasteiger partial charge in [-0.25, -0.2) is 0 Å². The van der Waals surface area contributed by atoms with E-state index in [4.69, 9.17) is 4.74 Å². The number of hydrogen-bond acceptors (Lipinski definition) is 2. The minimum Gasteiger partial charge on any atom is -0.375 e. The van der Waals surface area contributed by atoms with E-state index in [1.807, 2.05) is 0 Å². The van der Waals surface area contributed by atoms with Crippen molar-refractivity contribution in [3.05, 3.63) is 0 Å². The van der Waals surface area contributed by atoms with Gasteiger partial charge in [-0.15, -0.1) is 0 Å². The monoisotopic (exact) mass is 197 g/mol. The van der Waals surface area contributed by atoms with E-state index in [0.29, 0.717) is 12.2 Å². The molecule has 0 spiro atoms. The lowest BCUT2D eigenvalue weighted by Crippen LogP contribution is -2.22. The van der Waals surface area contributed by atoms with Crippen molar-refractivity contribution in [2.75, 3.05) is 7.05 Å². The second kappa shape index (κ2) is 4.63. The van der Waals surface area contributed by atoms with E-state index in [1.54, 1.807) is 0 Å². The van der Waals surface area contributed by atoms with E-state index in [2.05, 4.69) is 19.3 Å². The second-order valence-electron chi connectivity index (χ2n) is 5.05. The zero-order valence-corrected chi connectivity index (χ0v) is 9.46. The quantitative estimate of drug-likeness (QED) is 0.750. The van der Waals surface area contributed by atoms with Crippen molar-refractivity contribution < 1.29 is 4.74 Å². The Hall–Kier alpha value is -0.0800. The number of nitrogens with one attached hydrogen (secondary N) is 1. The first-order chi connectivity index (χ1) is 6.78. The number of ether oxygens (including phenoxy) is 1. The van der Waals surface area contributed by atoms with Gasteiger partial charge in [0.2, 0.25) is 0 Å². The van der Waals surface area contributed by atoms with Crippen LogP contribution in [-0.4, -0.2) is 25.3 Å². The summed E-state index contributed by atoms with van der Waals surface area (Å²) in [4.78, 5) is 0. The van der Waals surface area contributed by atoms with Crippen LogP contribution in [0.4, 0.5) is 0 Å². The second-order valence-corrected chi connectivity index (χ2v) is 5.05. The summed E-state index contributed by atoms with van der Waals surface area (Å²) in [5.41, 5.74) is 0. The third-order valence-electron chi connectivity index (χ3n) is 3.87. The van der Waals surface area contributed by atoms with Gasteiger partial charge in [0.15, 0.2) is 0 Å². The lowest BCUT2D eigenvalue weighted by atomic mass is 9.98. The van der Waals surface area contributed by atoms with Crippen LogP contribution in [0.3, 0.4) is 0 Å². The van der Waals surface area contributed by atoms with Gasteiger partial charge in [0, 0.05) is 6.04 Å². The summed E-state index contributed by atoms with van der Waals surface area (Å²) in [5, 5.41) is 3.39. The molecule has 1 heterocycles. The van der Waals surface area contributed by atoms with Crippen molar-refractivity contribution in [2.24, 2.45) is 5.92 Å². The largest absolute Gasteiger partial charge is 0.375 e. The molecule has 4 atom stereocenters. The van der Waals surface area contributed by atoms with Crippen molar-refractivity contribution in [3.63, 3.8) is 0 Å². The first-order valence-corrected chi connectivity index (χ1v) is 6.10. The fourth-order valence-corrected chi connectivity index (χ4v) is 2.98. The summed E-state index contributed by atoms with van der Waals surface area (Å²) in [6.45, 7) is 2.20. The average Bonchev–Trinajstić information content (AvgIpc) is 2.76. The molecule has 2 rings (SSSR count). The summed E-state index contributed by atoms with van der Waals surface area (Å²) < 4.78 is 5.87. The lowest BCUT2D eigenvalue weighted by Gasteiger charge is -2.16. The Labute approximate surface area is 87.4 Å². The summed E-state index contributed by atoms with van der Waals surface area (Å²) >= 11 is 0. The van der Waals surface area contributed by atoms with E-state index in [-0.39, 0.29) is 0 Å². The third kappa shape index (κ3) is 2.48. The van der Waals surface area contributed by atoms with Crippen molar-refractivity contribution in [2.45, 2.75) is 63.7 Å². The molecule has 1 saturated heterocycles. The van der Waals surface area contributed by atoms with E-state index in [1.165, 1.54) is 38.5 Å². The molecule has 2 nitrogen and oxygen atoms in total. The maximum Gasteiger partial charge on any atom is 0.0582 e. The Kier molecular flexibility index (Phi) is 3.45. The SMILES string of the molecule is CNC1CCC(CC2CCC(C)O2)C1. The standard InChI is InChI=1S/C12H23NO/c1-9-3-6-12(14-9)8-10-4-5-11(7-10)13-2/h9-13H,3-8H2,1-2H3. The predicted molar refractivity (Wildman–Crippen MR) is 58.4 cm³/mol. The van der Waals surface area contributed by atoms with Gasteiger partial charge < -0.3 is 10.1 Å².